The molecule has 160 valence electrons. The van der Waals surface area contributed by atoms with Gasteiger partial charge in [0.05, 0.1) is 30.5 Å². The highest BCUT2D eigenvalue weighted by molar-refractivity contribution is 6.31. The van der Waals surface area contributed by atoms with Gasteiger partial charge < -0.3 is 19.5 Å². The van der Waals surface area contributed by atoms with E-state index in [0.717, 1.165) is 31.7 Å². The lowest BCUT2D eigenvalue weighted by Crippen LogP contribution is -2.22. The Labute approximate surface area is 179 Å². The number of carbonyl (C=O) groups is 2. The van der Waals surface area contributed by atoms with Crippen LogP contribution in [0.2, 0.25) is 5.02 Å². The summed E-state index contributed by atoms with van der Waals surface area (Å²) < 4.78 is 29.1. The molecule has 3 rings (SSSR count). The molecular weight excluding hydrogens is 413 g/mol. The van der Waals surface area contributed by atoms with Crippen LogP contribution in [0.1, 0.15) is 41.6 Å². The quantitative estimate of drug-likeness (QED) is 0.621. The Morgan fingerprint density at radius 2 is 1.77 bits per heavy atom. The first-order valence-electron chi connectivity index (χ1n) is 9.61. The summed E-state index contributed by atoms with van der Waals surface area (Å²) in [6.07, 6.45) is 3.67. The Morgan fingerprint density at radius 1 is 1.10 bits per heavy atom. The third-order valence-corrected chi connectivity index (χ3v) is 5.45. The molecule has 2 aromatic carbocycles. The molecule has 1 saturated carbocycles. The van der Waals surface area contributed by atoms with Gasteiger partial charge in [0.25, 0.3) is 0 Å². The molecule has 0 unspecified atom stereocenters. The number of esters is 1. The van der Waals surface area contributed by atoms with Crippen molar-refractivity contribution in [3.63, 3.8) is 0 Å². The smallest absolute Gasteiger partial charge is 0.340 e. The van der Waals surface area contributed by atoms with Crippen molar-refractivity contribution in [2.75, 3.05) is 19.5 Å². The van der Waals surface area contributed by atoms with Gasteiger partial charge in [0.2, 0.25) is 5.91 Å². The highest BCUT2D eigenvalue weighted by Gasteiger charge is 2.26. The number of halogens is 2. The van der Waals surface area contributed by atoms with Gasteiger partial charge in [-0.3, -0.25) is 4.79 Å². The Bertz CT molecular complexity index is 943. The van der Waals surface area contributed by atoms with Crippen molar-refractivity contribution in [1.29, 1.82) is 0 Å². The van der Waals surface area contributed by atoms with Gasteiger partial charge in [-0.15, -0.1) is 0 Å². The molecular formula is C22H23ClFNO5. The van der Waals surface area contributed by atoms with Crippen molar-refractivity contribution < 1.29 is 28.2 Å². The van der Waals surface area contributed by atoms with Crippen LogP contribution in [0.25, 0.3) is 0 Å². The van der Waals surface area contributed by atoms with Crippen molar-refractivity contribution in [3.05, 3.63) is 52.3 Å². The van der Waals surface area contributed by atoms with Crippen LogP contribution < -0.4 is 14.8 Å². The number of nitrogens with one attached hydrogen (secondary N) is 1. The SMILES string of the molecule is COc1cc(NC(=O)C2CCCC2)c(C(=O)OCc2ccc(F)cc2Cl)cc1OC. The second-order valence-electron chi connectivity index (χ2n) is 7.04. The van der Waals surface area contributed by atoms with E-state index >= 15 is 0 Å². The van der Waals surface area contributed by atoms with Crippen LogP contribution in [0.15, 0.2) is 30.3 Å². The van der Waals surface area contributed by atoms with Crippen LogP contribution in [-0.4, -0.2) is 26.1 Å². The van der Waals surface area contributed by atoms with Gasteiger partial charge in [-0.2, -0.15) is 0 Å². The molecule has 1 aliphatic rings. The minimum atomic E-state index is -0.682. The molecule has 0 heterocycles. The average molecular weight is 436 g/mol. The van der Waals surface area contributed by atoms with Gasteiger partial charge >= 0.3 is 5.97 Å². The summed E-state index contributed by atoms with van der Waals surface area (Å²) in [6, 6.07) is 6.82. The molecule has 0 bridgehead atoms. The number of ether oxygens (including phenoxy) is 3. The van der Waals surface area contributed by atoms with Crippen molar-refractivity contribution in [3.8, 4) is 11.5 Å². The summed E-state index contributed by atoms with van der Waals surface area (Å²) in [6.45, 7) is -0.150. The first-order valence-corrected chi connectivity index (χ1v) is 9.98. The largest absolute Gasteiger partial charge is 0.493 e. The van der Waals surface area contributed by atoms with E-state index in [-0.39, 0.29) is 34.7 Å². The van der Waals surface area contributed by atoms with Gasteiger partial charge in [0.15, 0.2) is 11.5 Å². The molecule has 0 saturated heterocycles. The third kappa shape index (κ3) is 5.02. The zero-order chi connectivity index (χ0) is 21.7. The molecule has 0 atom stereocenters. The van der Waals surface area contributed by atoms with Crippen molar-refractivity contribution in [2.45, 2.75) is 32.3 Å². The first-order chi connectivity index (χ1) is 14.4. The Balaban J connectivity index is 1.84. The molecule has 1 fully saturated rings. The van der Waals surface area contributed by atoms with E-state index in [2.05, 4.69) is 5.32 Å². The molecule has 0 spiro atoms. The second-order valence-corrected chi connectivity index (χ2v) is 7.44. The molecule has 0 aromatic heterocycles. The second kappa shape index (κ2) is 9.80. The summed E-state index contributed by atoms with van der Waals surface area (Å²) in [5, 5.41) is 2.98. The van der Waals surface area contributed by atoms with Crippen LogP contribution in [0, 0.1) is 11.7 Å². The van der Waals surface area contributed by atoms with E-state index in [1.807, 2.05) is 0 Å². The van der Waals surface area contributed by atoms with Crippen molar-refractivity contribution in [2.24, 2.45) is 5.92 Å². The maximum absolute atomic E-state index is 13.2. The van der Waals surface area contributed by atoms with Crippen LogP contribution in [-0.2, 0) is 16.1 Å². The monoisotopic (exact) mass is 435 g/mol. The van der Waals surface area contributed by atoms with Crippen molar-refractivity contribution >= 4 is 29.2 Å². The fourth-order valence-electron chi connectivity index (χ4n) is 3.43. The highest BCUT2D eigenvalue weighted by atomic mass is 35.5. The van der Waals surface area contributed by atoms with E-state index in [1.54, 1.807) is 0 Å². The lowest BCUT2D eigenvalue weighted by atomic mass is 10.1. The molecule has 0 aliphatic heterocycles. The number of amides is 1. The lowest BCUT2D eigenvalue weighted by molar-refractivity contribution is -0.119. The number of hydrogen-bond acceptors (Lipinski definition) is 5. The predicted molar refractivity (Wildman–Crippen MR) is 111 cm³/mol. The summed E-state index contributed by atoms with van der Waals surface area (Å²) in [7, 11) is 2.91. The number of hydrogen-bond donors (Lipinski definition) is 1. The summed E-state index contributed by atoms with van der Waals surface area (Å²) in [5.41, 5.74) is 0.861. The van der Waals surface area contributed by atoms with Gasteiger partial charge in [-0.05, 0) is 25.0 Å². The highest BCUT2D eigenvalue weighted by Crippen LogP contribution is 2.35. The lowest BCUT2D eigenvalue weighted by Gasteiger charge is -2.17. The van der Waals surface area contributed by atoms with Crippen LogP contribution in [0.4, 0.5) is 10.1 Å². The van der Waals surface area contributed by atoms with E-state index < -0.39 is 11.8 Å². The molecule has 1 aliphatic carbocycles. The van der Waals surface area contributed by atoms with Crippen LogP contribution >= 0.6 is 11.6 Å². The van der Waals surface area contributed by atoms with E-state index in [1.165, 1.54) is 38.5 Å². The van der Waals surface area contributed by atoms with Crippen LogP contribution in [0.3, 0.4) is 0 Å². The molecule has 8 heteroatoms. The minimum Gasteiger partial charge on any atom is -0.493 e. The van der Waals surface area contributed by atoms with Gasteiger partial charge in [0, 0.05) is 23.6 Å². The maximum atomic E-state index is 13.2. The Morgan fingerprint density at radius 3 is 2.40 bits per heavy atom. The zero-order valence-electron chi connectivity index (χ0n) is 16.8. The summed E-state index contributed by atoms with van der Waals surface area (Å²) in [5.74, 6) is -0.694. The minimum absolute atomic E-state index is 0.0833. The fourth-order valence-corrected chi connectivity index (χ4v) is 3.66. The number of methoxy groups -OCH3 is 2. The molecule has 2 aromatic rings. The molecule has 30 heavy (non-hydrogen) atoms. The number of carbonyl (C=O) groups excluding carboxylic acids is 2. The first kappa shape index (κ1) is 21.9. The molecule has 0 radical (unpaired) electrons. The fraction of sp³-hybridized carbons (Fsp3) is 0.364. The molecule has 1 amide bonds. The molecule has 1 N–H and O–H groups in total. The van der Waals surface area contributed by atoms with Gasteiger partial charge in [-0.1, -0.05) is 30.5 Å². The standard InChI is InChI=1S/C22H23ClFNO5/c1-28-19-10-16(22(27)30-12-14-7-8-15(24)9-17(14)23)18(11-20(19)29-2)25-21(26)13-5-3-4-6-13/h7-11,13H,3-6,12H2,1-2H3,(H,25,26). The summed E-state index contributed by atoms with van der Waals surface area (Å²) in [4.78, 5) is 25.4. The maximum Gasteiger partial charge on any atom is 0.340 e. The number of anilines is 1. The molecule has 6 nitrogen and oxygen atoms in total. The predicted octanol–water partition coefficient (Wildman–Crippen LogP) is 4.98. The van der Waals surface area contributed by atoms with E-state index in [4.69, 9.17) is 25.8 Å². The van der Waals surface area contributed by atoms with Crippen LogP contribution in [0.5, 0.6) is 11.5 Å². The average Bonchev–Trinajstić information content (AvgIpc) is 3.27. The summed E-state index contributed by atoms with van der Waals surface area (Å²) >= 11 is 5.99. The zero-order valence-corrected chi connectivity index (χ0v) is 17.6. The number of benzene rings is 2. The Kier molecular flexibility index (Phi) is 7.15. The Hall–Kier alpha value is -2.80. The topological polar surface area (TPSA) is 73.9 Å². The van der Waals surface area contributed by atoms with Crippen molar-refractivity contribution in [1.82, 2.24) is 0 Å². The third-order valence-electron chi connectivity index (χ3n) is 5.10. The normalized spacial score (nSPS) is 13.7. The van der Waals surface area contributed by atoms with Gasteiger partial charge in [-0.25, -0.2) is 9.18 Å². The van der Waals surface area contributed by atoms with E-state index in [0.29, 0.717) is 17.1 Å². The van der Waals surface area contributed by atoms with Gasteiger partial charge in [0.1, 0.15) is 12.4 Å². The van der Waals surface area contributed by atoms with E-state index in [9.17, 15) is 14.0 Å². The number of rotatable bonds is 7.